The van der Waals surface area contributed by atoms with Crippen LogP contribution in [0, 0.1) is 5.41 Å². The van der Waals surface area contributed by atoms with Crippen molar-refractivity contribution in [3.63, 3.8) is 0 Å². The van der Waals surface area contributed by atoms with Crippen molar-refractivity contribution in [1.29, 1.82) is 5.41 Å². The maximum Gasteiger partial charge on any atom is 0.200 e. The van der Waals surface area contributed by atoms with E-state index in [-0.39, 0.29) is 5.96 Å². The lowest BCUT2D eigenvalue weighted by molar-refractivity contribution is 0.949. The summed E-state index contributed by atoms with van der Waals surface area (Å²) in [7, 11) is 0. The fourth-order valence-corrected chi connectivity index (χ4v) is 1.61. The normalized spacial score (nSPS) is 13.9. The van der Waals surface area contributed by atoms with Crippen LogP contribution < -0.4 is 21.9 Å². The van der Waals surface area contributed by atoms with Gasteiger partial charge >= 0.3 is 0 Å². The van der Waals surface area contributed by atoms with Gasteiger partial charge in [0, 0.05) is 18.8 Å². The predicted molar refractivity (Wildman–Crippen MR) is 67.1 cm³/mol. The molecule has 6 N–H and O–H groups in total. The third-order valence-electron chi connectivity index (χ3n) is 2.38. The molecule has 0 atom stereocenters. The highest BCUT2D eigenvalue weighted by Crippen LogP contribution is 2.18. The highest BCUT2D eigenvalue weighted by Gasteiger charge is 2.10. The van der Waals surface area contributed by atoms with E-state index in [1.54, 1.807) is 0 Å². The molecule has 0 saturated carbocycles. The van der Waals surface area contributed by atoms with Gasteiger partial charge in [-0.3, -0.25) is 10.8 Å². The van der Waals surface area contributed by atoms with E-state index in [2.05, 4.69) is 46.8 Å². The van der Waals surface area contributed by atoms with Crippen LogP contribution in [0.5, 0.6) is 0 Å². The summed E-state index contributed by atoms with van der Waals surface area (Å²) in [5, 5.41) is 6.28. The topological polar surface area (TPSA) is 91.2 Å². The number of nitrogens with two attached hydrogens (primary N) is 2. The standard InChI is InChI=1S/C10H13N.CH6N4/c1-2-6-10(7-3-1)11-8-4-5-9-11;2-1(3)5-4/h1-3,6-7H,4-5,8-9H2;4H2,(H4,2,3,5). The molecule has 0 amide bonds. The molecule has 1 saturated heterocycles. The van der Waals surface area contributed by atoms with Crippen LogP contribution >= 0.6 is 0 Å². The molecule has 2 rings (SSSR count). The monoisotopic (exact) mass is 221 g/mol. The van der Waals surface area contributed by atoms with E-state index in [4.69, 9.17) is 5.41 Å². The van der Waals surface area contributed by atoms with Gasteiger partial charge in [-0.25, -0.2) is 5.84 Å². The molecule has 1 aromatic carbocycles. The smallest absolute Gasteiger partial charge is 0.200 e. The number of rotatable bonds is 1. The number of nitrogens with one attached hydrogen (secondary N) is 2. The summed E-state index contributed by atoms with van der Waals surface area (Å²) in [6, 6.07) is 10.7. The van der Waals surface area contributed by atoms with Crippen LogP contribution in [0.3, 0.4) is 0 Å². The molecule has 88 valence electrons. The first-order valence-corrected chi connectivity index (χ1v) is 5.34. The van der Waals surface area contributed by atoms with Gasteiger partial charge in [0.15, 0.2) is 5.96 Å². The second kappa shape index (κ2) is 6.68. The predicted octanol–water partition coefficient (Wildman–Crippen LogP) is 0.630. The van der Waals surface area contributed by atoms with Crippen molar-refractivity contribution in [2.45, 2.75) is 12.8 Å². The molecule has 1 heterocycles. The van der Waals surface area contributed by atoms with E-state index >= 15 is 0 Å². The Morgan fingerprint density at radius 1 is 1.19 bits per heavy atom. The Bertz CT molecular complexity index is 305. The third kappa shape index (κ3) is 4.18. The Balaban J connectivity index is 0.000000221. The average molecular weight is 221 g/mol. The molecular formula is C11H19N5. The fourth-order valence-electron chi connectivity index (χ4n) is 1.61. The quantitative estimate of drug-likeness (QED) is 0.242. The first-order valence-electron chi connectivity index (χ1n) is 5.34. The average Bonchev–Trinajstić information content (AvgIpc) is 2.84. The maximum absolute atomic E-state index is 6.28. The summed E-state index contributed by atoms with van der Waals surface area (Å²) in [6.07, 6.45) is 2.71. The first kappa shape index (κ1) is 12.3. The van der Waals surface area contributed by atoms with Gasteiger partial charge in [0.1, 0.15) is 0 Å². The molecule has 1 aliphatic rings. The number of hydrogen-bond acceptors (Lipinski definition) is 3. The molecule has 0 aliphatic carbocycles. The Morgan fingerprint density at radius 3 is 2.12 bits per heavy atom. The lowest BCUT2D eigenvalue weighted by atomic mass is 10.3. The molecule has 5 heteroatoms. The van der Waals surface area contributed by atoms with Crippen molar-refractivity contribution in [2.75, 3.05) is 18.0 Å². The lowest BCUT2D eigenvalue weighted by Gasteiger charge is -2.16. The summed E-state index contributed by atoms with van der Waals surface area (Å²) in [5.74, 6) is 4.35. The molecule has 1 aromatic rings. The zero-order valence-electron chi connectivity index (χ0n) is 9.32. The molecule has 0 spiro atoms. The van der Waals surface area contributed by atoms with Crippen LogP contribution in [-0.4, -0.2) is 19.0 Å². The molecule has 1 aliphatic heterocycles. The Morgan fingerprint density at radius 2 is 1.69 bits per heavy atom. The minimum atomic E-state index is -0.218. The van der Waals surface area contributed by atoms with Gasteiger partial charge in [0.05, 0.1) is 0 Å². The van der Waals surface area contributed by atoms with Crippen LogP contribution in [0.1, 0.15) is 12.8 Å². The van der Waals surface area contributed by atoms with E-state index in [0.717, 1.165) is 0 Å². The SMILES string of the molecule is N=C(N)NN.c1ccc(N2CCCC2)cc1. The molecule has 5 nitrogen and oxygen atoms in total. The van der Waals surface area contributed by atoms with E-state index < -0.39 is 0 Å². The van der Waals surface area contributed by atoms with Crippen LogP contribution in [-0.2, 0) is 0 Å². The summed E-state index contributed by atoms with van der Waals surface area (Å²) in [4.78, 5) is 2.44. The molecule has 0 unspecified atom stereocenters. The number of nitrogens with zero attached hydrogens (tertiary/aromatic N) is 1. The van der Waals surface area contributed by atoms with Gasteiger partial charge in [0.25, 0.3) is 0 Å². The van der Waals surface area contributed by atoms with Crippen LogP contribution in [0.15, 0.2) is 30.3 Å². The number of guanidine groups is 1. The van der Waals surface area contributed by atoms with Crippen LogP contribution in [0.4, 0.5) is 5.69 Å². The minimum absolute atomic E-state index is 0.218. The maximum atomic E-state index is 6.28. The van der Waals surface area contributed by atoms with E-state index in [9.17, 15) is 0 Å². The number of anilines is 1. The second-order valence-corrected chi connectivity index (χ2v) is 3.59. The van der Waals surface area contributed by atoms with Gasteiger partial charge in [-0.2, -0.15) is 0 Å². The number of hydrogen-bond donors (Lipinski definition) is 4. The van der Waals surface area contributed by atoms with Crippen LogP contribution in [0.2, 0.25) is 0 Å². The molecular weight excluding hydrogens is 202 g/mol. The highest BCUT2D eigenvalue weighted by atomic mass is 15.3. The summed E-state index contributed by atoms with van der Waals surface area (Å²) in [6.45, 7) is 2.48. The summed E-state index contributed by atoms with van der Waals surface area (Å²) < 4.78 is 0. The molecule has 0 aromatic heterocycles. The van der Waals surface area contributed by atoms with Crippen molar-refractivity contribution < 1.29 is 0 Å². The Kier molecular flexibility index (Phi) is 5.15. The van der Waals surface area contributed by atoms with Gasteiger partial charge < -0.3 is 10.6 Å². The highest BCUT2D eigenvalue weighted by molar-refractivity contribution is 5.73. The number of hydrazine groups is 1. The summed E-state index contributed by atoms with van der Waals surface area (Å²) >= 11 is 0. The largest absolute Gasteiger partial charge is 0.372 e. The molecule has 0 bridgehead atoms. The Hall–Kier alpha value is -1.75. The number of para-hydroxylation sites is 1. The third-order valence-corrected chi connectivity index (χ3v) is 2.38. The van der Waals surface area contributed by atoms with E-state index in [1.807, 2.05) is 5.43 Å². The van der Waals surface area contributed by atoms with Crippen LogP contribution in [0.25, 0.3) is 0 Å². The fraction of sp³-hybridized carbons (Fsp3) is 0.364. The van der Waals surface area contributed by atoms with Crippen molar-refractivity contribution in [3.8, 4) is 0 Å². The zero-order chi connectivity index (χ0) is 11.8. The van der Waals surface area contributed by atoms with Gasteiger partial charge in [-0.1, -0.05) is 18.2 Å². The first-order chi connectivity index (χ1) is 7.74. The Labute approximate surface area is 95.9 Å². The van der Waals surface area contributed by atoms with E-state index in [0.29, 0.717) is 0 Å². The minimum Gasteiger partial charge on any atom is -0.372 e. The molecule has 16 heavy (non-hydrogen) atoms. The van der Waals surface area contributed by atoms with Gasteiger partial charge in [0.2, 0.25) is 0 Å². The second-order valence-electron chi connectivity index (χ2n) is 3.59. The van der Waals surface area contributed by atoms with Crippen molar-refractivity contribution in [3.05, 3.63) is 30.3 Å². The van der Waals surface area contributed by atoms with Crippen molar-refractivity contribution >= 4 is 11.6 Å². The van der Waals surface area contributed by atoms with Crippen molar-refractivity contribution in [2.24, 2.45) is 11.6 Å². The molecule has 0 radical (unpaired) electrons. The van der Waals surface area contributed by atoms with Gasteiger partial charge in [-0.15, -0.1) is 0 Å². The zero-order valence-corrected chi connectivity index (χ0v) is 9.32. The molecule has 1 fully saturated rings. The summed E-state index contributed by atoms with van der Waals surface area (Å²) in [5.41, 5.74) is 7.91. The van der Waals surface area contributed by atoms with E-state index in [1.165, 1.54) is 31.6 Å². The number of benzene rings is 1. The lowest BCUT2D eigenvalue weighted by Crippen LogP contribution is -2.35. The van der Waals surface area contributed by atoms with Gasteiger partial charge in [-0.05, 0) is 25.0 Å². The van der Waals surface area contributed by atoms with Crippen molar-refractivity contribution in [1.82, 2.24) is 5.43 Å².